The van der Waals surface area contributed by atoms with Crippen LogP contribution in [0.15, 0.2) is 72.1 Å². The van der Waals surface area contributed by atoms with Crippen LogP contribution in [0, 0.1) is 0 Å². The van der Waals surface area contributed by atoms with Crippen LogP contribution in [-0.2, 0) is 13.2 Å². The fraction of sp³-hybridized carbons (Fsp3) is 0.333. The van der Waals surface area contributed by atoms with Crippen molar-refractivity contribution < 1.29 is 4.74 Å². The highest BCUT2D eigenvalue weighted by Crippen LogP contribution is 2.16. The molecule has 3 heterocycles. The molecule has 0 spiro atoms. The molecule has 0 aliphatic carbocycles. The van der Waals surface area contributed by atoms with E-state index in [2.05, 4.69) is 43.1 Å². The standard InChI is InChI=1S/C24H29N7O/c1-2-25-23(30-13-15-31(16-14-30)24-27-11-6-12-28-24)29-18-20-7-5-9-22(17-20)32-19-21-8-3-4-10-26-21/h3-12,17H,2,13-16,18-19H2,1H3,(H,25,29). The summed E-state index contributed by atoms with van der Waals surface area (Å²) >= 11 is 0. The third-order valence-corrected chi connectivity index (χ3v) is 5.17. The Bertz CT molecular complexity index is 989. The smallest absolute Gasteiger partial charge is 0.225 e. The maximum atomic E-state index is 5.90. The van der Waals surface area contributed by atoms with E-state index in [9.17, 15) is 0 Å². The Balaban J connectivity index is 1.35. The van der Waals surface area contributed by atoms with Crippen molar-refractivity contribution in [3.8, 4) is 5.75 Å². The van der Waals surface area contributed by atoms with Crippen molar-refractivity contribution in [1.29, 1.82) is 0 Å². The van der Waals surface area contributed by atoms with Crippen LogP contribution < -0.4 is 15.0 Å². The minimum absolute atomic E-state index is 0.450. The van der Waals surface area contributed by atoms with Crippen LogP contribution in [0.1, 0.15) is 18.2 Å². The van der Waals surface area contributed by atoms with Gasteiger partial charge in [-0.05, 0) is 42.8 Å². The number of guanidine groups is 1. The van der Waals surface area contributed by atoms with Crippen LogP contribution in [0.5, 0.6) is 5.75 Å². The van der Waals surface area contributed by atoms with Gasteiger partial charge in [-0.1, -0.05) is 18.2 Å². The third kappa shape index (κ3) is 5.94. The van der Waals surface area contributed by atoms with Crippen molar-refractivity contribution >= 4 is 11.9 Å². The van der Waals surface area contributed by atoms with Gasteiger partial charge in [0.1, 0.15) is 12.4 Å². The lowest BCUT2D eigenvalue weighted by atomic mass is 10.2. The molecule has 1 fully saturated rings. The fourth-order valence-electron chi connectivity index (χ4n) is 3.54. The van der Waals surface area contributed by atoms with Gasteiger partial charge < -0.3 is 19.9 Å². The largest absolute Gasteiger partial charge is 0.487 e. The molecule has 1 saturated heterocycles. The molecule has 32 heavy (non-hydrogen) atoms. The molecule has 1 aromatic carbocycles. The zero-order chi connectivity index (χ0) is 22.0. The summed E-state index contributed by atoms with van der Waals surface area (Å²) in [5.41, 5.74) is 2.01. The molecule has 0 unspecified atom stereocenters. The predicted molar refractivity (Wildman–Crippen MR) is 126 cm³/mol. The van der Waals surface area contributed by atoms with Crippen molar-refractivity contribution in [3.63, 3.8) is 0 Å². The average Bonchev–Trinajstić information content (AvgIpc) is 2.87. The first-order valence-electron chi connectivity index (χ1n) is 11.0. The van der Waals surface area contributed by atoms with Gasteiger partial charge in [0.15, 0.2) is 5.96 Å². The van der Waals surface area contributed by atoms with Gasteiger partial charge in [0.25, 0.3) is 0 Å². The molecule has 0 atom stereocenters. The zero-order valence-electron chi connectivity index (χ0n) is 18.4. The van der Waals surface area contributed by atoms with Crippen LogP contribution in [0.25, 0.3) is 0 Å². The zero-order valence-corrected chi connectivity index (χ0v) is 18.4. The van der Waals surface area contributed by atoms with E-state index in [1.807, 2.05) is 42.5 Å². The summed E-state index contributed by atoms with van der Waals surface area (Å²) in [7, 11) is 0. The van der Waals surface area contributed by atoms with Gasteiger partial charge in [-0.2, -0.15) is 0 Å². The highest BCUT2D eigenvalue weighted by molar-refractivity contribution is 5.80. The normalized spacial score (nSPS) is 14.3. The quantitative estimate of drug-likeness (QED) is 0.455. The van der Waals surface area contributed by atoms with E-state index in [4.69, 9.17) is 9.73 Å². The number of nitrogens with zero attached hydrogens (tertiary/aromatic N) is 6. The number of rotatable bonds is 7. The Hall–Kier alpha value is -3.68. The minimum Gasteiger partial charge on any atom is -0.487 e. The number of aromatic nitrogens is 3. The first kappa shape index (κ1) is 21.5. The number of anilines is 1. The Kier molecular flexibility index (Phi) is 7.46. The maximum Gasteiger partial charge on any atom is 0.225 e. The maximum absolute atomic E-state index is 5.90. The lowest BCUT2D eigenvalue weighted by Crippen LogP contribution is -2.52. The third-order valence-electron chi connectivity index (χ3n) is 5.17. The molecule has 166 valence electrons. The Morgan fingerprint density at radius 1 is 0.969 bits per heavy atom. The molecule has 0 amide bonds. The second kappa shape index (κ2) is 11.1. The van der Waals surface area contributed by atoms with E-state index in [0.29, 0.717) is 13.2 Å². The van der Waals surface area contributed by atoms with Crippen molar-refractivity contribution in [2.75, 3.05) is 37.6 Å². The van der Waals surface area contributed by atoms with Crippen LogP contribution in [0.4, 0.5) is 5.95 Å². The van der Waals surface area contributed by atoms with E-state index in [-0.39, 0.29) is 0 Å². The molecule has 4 rings (SSSR count). The molecule has 0 saturated carbocycles. The van der Waals surface area contributed by atoms with E-state index >= 15 is 0 Å². The van der Waals surface area contributed by atoms with Crippen molar-refractivity contribution in [2.24, 2.45) is 4.99 Å². The number of pyridine rings is 1. The Labute approximate surface area is 189 Å². The van der Waals surface area contributed by atoms with Crippen LogP contribution >= 0.6 is 0 Å². The first-order valence-corrected chi connectivity index (χ1v) is 11.0. The van der Waals surface area contributed by atoms with E-state index < -0.39 is 0 Å². The van der Waals surface area contributed by atoms with Crippen LogP contribution in [0.2, 0.25) is 0 Å². The number of hydrogen-bond donors (Lipinski definition) is 1. The summed E-state index contributed by atoms with van der Waals surface area (Å²) in [6, 6.07) is 15.8. The Morgan fingerprint density at radius 2 is 1.78 bits per heavy atom. The molecule has 3 aromatic rings. The van der Waals surface area contributed by atoms with E-state index in [0.717, 1.165) is 61.6 Å². The molecule has 1 aliphatic rings. The SMILES string of the molecule is CCNC(=NCc1cccc(OCc2ccccn2)c1)N1CCN(c2ncccn2)CC1. The van der Waals surface area contributed by atoms with Gasteiger partial charge in [0.05, 0.1) is 12.2 Å². The second-order valence-corrected chi connectivity index (χ2v) is 7.45. The lowest BCUT2D eigenvalue weighted by Gasteiger charge is -2.36. The summed E-state index contributed by atoms with van der Waals surface area (Å²) in [5, 5.41) is 3.43. The second-order valence-electron chi connectivity index (χ2n) is 7.45. The molecule has 8 heteroatoms. The summed E-state index contributed by atoms with van der Waals surface area (Å²) in [4.78, 5) is 22.4. The minimum atomic E-state index is 0.450. The Morgan fingerprint density at radius 3 is 2.53 bits per heavy atom. The van der Waals surface area contributed by atoms with Crippen LogP contribution in [-0.4, -0.2) is 58.5 Å². The van der Waals surface area contributed by atoms with Crippen LogP contribution in [0.3, 0.4) is 0 Å². The van der Waals surface area contributed by atoms with Crippen molar-refractivity contribution in [3.05, 3.63) is 78.4 Å². The predicted octanol–water partition coefficient (Wildman–Crippen LogP) is 2.74. The first-order chi connectivity index (χ1) is 15.8. The van der Waals surface area contributed by atoms with Gasteiger partial charge in [0.2, 0.25) is 5.95 Å². The number of ether oxygens (including phenoxy) is 1. The molecular formula is C24H29N7O. The molecule has 2 aromatic heterocycles. The monoisotopic (exact) mass is 431 g/mol. The number of piperazine rings is 1. The molecule has 1 aliphatic heterocycles. The van der Waals surface area contributed by atoms with Crippen molar-refractivity contribution in [2.45, 2.75) is 20.1 Å². The van der Waals surface area contributed by atoms with E-state index in [1.54, 1.807) is 18.6 Å². The molecule has 0 bridgehead atoms. The van der Waals surface area contributed by atoms with Gasteiger partial charge >= 0.3 is 0 Å². The highest BCUT2D eigenvalue weighted by atomic mass is 16.5. The molecule has 1 N–H and O–H groups in total. The summed E-state index contributed by atoms with van der Waals surface area (Å²) in [6.07, 6.45) is 5.35. The van der Waals surface area contributed by atoms with Gasteiger partial charge in [-0.3, -0.25) is 4.98 Å². The van der Waals surface area contributed by atoms with Gasteiger partial charge in [-0.15, -0.1) is 0 Å². The summed E-state index contributed by atoms with van der Waals surface area (Å²) in [5.74, 6) is 2.54. The molecule has 8 nitrogen and oxygen atoms in total. The number of aliphatic imine (C=N–C) groups is 1. The lowest BCUT2D eigenvalue weighted by molar-refractivity contribution is 0.301. The topological polar surface area (TPSA) is 78.8 Å². The summed E-state index contributed by atoms with van der Waals surface area (Å²) in [6.45, 7) is 7.44. The van der Waals surface area contributed by atoms with Gasteiger partial charge in [-0.25, -0.2) is 15.0 Å². The number of nitrogens with one attached hydrogen (secondary N) is 1. The number of benzene rings is 1. The average molecular weight is 432 g/mol. The fourth-order valence-corrected chi connectivity index (χ4v) is 3.54. The highest BCUT2D eigenvalue weighted by Gasteiger charge is 2.21. The molecular weight excluding hydrogens is 402 g/mol. The number of hydrogen-bond acceptors (Lipinski definition) is 6. The summed E-state index contributed by atoms with van der Waals surface area (Å²) < 4.78 is 5.90. The van der Waals surface area contributed by atoms with E-state index in [1.165, 1.54) is 0 Å². The molecule has 0 radical (unpaired) electrons. The van der Waals surface area contributed by atoms with Gasteiger partial charge in [0, 0.05) is 51.3 Å². The van der Waals surface area contributed by atoms with Crippen molar-refractivity contribution in [1.82, 2.24) is 25.2 Å².